The number of rotatable bonds is 3. The summed E-state index contributed by atoms with van der Waals surface area (Å²) in [6.45, 7) is 0. The van der Waals surface area contributed by atoms with Gasteiger partial charge in [0, 0.05) is 20.8 Å². The van der Waals surface area contributed by atoms with Crippen molar-refractivity contribution < 1.29 is 0 Å². The van der Waals surface area contributed by atoms with E-state index in [1.165, 1.54) is 4.88 Å². The van der Waals surface area contributed by atoms with Crippen molar-refractivity contribution in [3.63, 3.8) is 0 Å². The molecular formula is C11H9BrClNS. The van der Waals surface area contributed by atoms with Gasteiger partial charge in [-0.25, -0.2) is 4.98 Å². The van der Waals surface area contributed by atoms with Gasteiger partial charge in [-0.3, -0.25) is 0 Å². The molecule has 1 heterocycles. The summed E-state index contributed by atoms with van der Waals surface area (Å²) in [5.74, 6) is 0.645. The third kappa shape index (κ3) is 2.60. The zero-order valence-electron chi connectivity index (χ0n) is 7.91. The van der Waals surface area contributed by atoms with E-state index in [1.54, 1.807) is 11.3 Å². The van der Waals surface area contributed by atoms with Gasteiger partial charge < -0.3 is 0 Å². The molecule has 1 aromatic heterocycles. The summed E-state index contributed by atoms with van der Waals surface area (Å²) in [7, 11) is 0. The number of nitrogens with zero attached hydrogens (tertiary/aromatic N) is 1. The second kappa shape index (κ2) is 5.10. The first-order chi connectivity index (χ1) is 7.31. The van der Waals surface area contributed by atoms with E-state index in [9.17, 15) is 0 Å². The minimum absolute atomic E-state index is 0.645. The van der Waals surface area contributed by atoms with E-state index in [2.05, 4.69) is 33.0 Å². The molecule has 78 valence electrons. The summed E-state index contributed by atoms with van der Waals surface area (Å²) in [5.41, 5.74) is 4.09. The van der Waals surface area contributed by atoms with Crippen molar-refractivity contribution in [2.75, 3.05) is 5.88 Å². The minimum Gasteiger partial charge on any atom is -0.244 e. The number of halogens is 2. The van der Waals surface area contributed by atoms with Gasteiger partial charge in [0.1, 0.15) is 0 Å². The lowest BCUT2D eigenvalue weighted by Crippen LogP contribution is -1.86. The summed E-state index contributed by atoms with van der Waals surface area (Å²) in [6, 6.07) is 8.19. The summed E-state index contributed by atoms with van der Waals surface area (Å²) in [6.07, 6.45) is 0.887. The summed E-state index contributed by atoms with van der Waals surface area (Å²) < 4.78 is 1.08. The van der Waals surface area contributed by atoms with Crippen molar-refractivity contribution >= 4 is 38.9 Å². The van der Waals surface area contributed by atoms with Crippen LogP contribution in [0.2, 0.25) is 0 Å². The lowest BCUT2D eigenvalue weighted by atomic mass is 10.1. The molecule has 0 spiro atoms. The molecular weight excluding hydrogens is 294 g/mol. The molecule has 0 aliphatic carbocycles. The molecule has 2 aromatic rings. The van der Waals surface area contributed by atoms with E-state index >= 15 is 0 Å². The predicted octanol–water partition coefficient (Wildman–Crippen LogP) is 4.35. The lowest BCUT2D eigenvalue weighted by molar-refractivity contribution is 1.18. The molecule has 0 atom stereocenters. The number of hydrogen-bond acceptors (Lipinski definition) is 2. The van der Waals surface area contributed by atoms with Crippen molar-refractivity contribution in [2.24, 2.45) is 0 Å². The Morgan fingerprint density at radius 1 is 1.27 bits per heavy atom. The largest absolute Gasteiger partial charge is 0.244 e. The van der Waals surface area contributed by atoms with E-state index in [-0.39, 0.29) is 0 Å². The van der Waals surface area contributed by atoms with Crippen molar-refractivity contribution in [2.45, 2.75) is 6.42 Å². The highest BCUT2D eigenvalue weighted by atomic mass is 79.9. The molecule has 1 nitrogen and oxygen atoms in total. The van der Waals surface area contributed by atoms with Gasteiger partial charge in [0.15, 0.2) is 0 Å². The molecule has 0 saturated heterocycles. The van der Waals surface area contributed by atoms with Gasteiger partial charge in [0.25, 0.3) is 0 Å². The monoisotopic (exact) mass is 301 g/mol. The molecule has 2 rings (SSSR count). The van der Waals surface area contributed by atoms with Gasteiger partial charge >= 0.3 is 0 Å². The minimum atomic E-state index is 0.645. The molecule has 15 heavy (non-hydrogen) atoms. The molecule has 4 heteroatoms. The molecule has 0 radical (unpaired) electrons. The third-order valence-electron chi connectivity index (χ3n) is 2.08. The number of hydrogen-bond donors (Lipinski definition) is 0. The Hall–Kier alpha value is -0.380. The Morgan fingerprint density at radius 2 is 2.00 bits per heavy atom. The molecule has 0 unspecified atom stereocenters. The average molecular weight is 303 g/mol. The maximum absolute atomic E-state index is 5.75. The van der Waals surface area contributed by atoms with E-state index in [0.29, 0.717) is 5.88 Å². The maximum Gasteiger partial charge on any atom is 0.0843 e. The standard InChI is InChI=1S/C11H9BrClNS/c12-9-3-1-8(2-4-9)11-10(5-6-13)15-7-14-11/h1-4,7H,5-6H2. The van der Waals surface area contributed by atoms with E-state index in [0.717, 1.165) is 22.2 Å². The first-order valence-corrected chi connectivity index (χ1v) is 6.76. The van der Waals surface area contributed by atoms with Crippen LogP contribution < -0.4 is 0 Å². The van der Waals surface area contributed by atoms with Crippen LogP contribution in [0.25, 0.3) is 11.3 Å². The second-order valence-corrected chi connectivity index (χ2v) is 5.30. The van der Waals surface area contributed by atoms with Gasteiger partial charge in [-0.15, -0.1) is 22.9 Å². The molecule has 0 saturated carbocycles. The third-order valence-corrected chi connectivity index (χ3v) is 3.69. The van der Waals surface area contributed by atoms with Crippen LogP contribution in [0.4, 0.5) is 0 Å². The van der Waals surface area contributed by atoms with Crippen LogP contribution in [0.5, 0.6) is 0 Å². The Labute approximate surface area is 106 Å². The fourth-order valence-corrected chi connectivity index (χ4v) is 2.73. The molecule has 0 amide bonds. The van der Waals surface area contributed by atoms with E-state index < -0.39 is 0 Å². The Balaban J connectivity index is 2.36. The van der Waals surface area contributed by atoms with E-state index in [4.69, 9.17) is 11.6 Å². The average Bonchev–Trinajstić information content (AvgIpc) is 2.68. The summed E-state index contributed by atoms with van der Waals surface area (Å²) >= 11 is 10.8. The number of benzene rings is 1. The van der Waals surface area contributed by atoms with Crippen LogP contribution in [0.1, 0.15) is 4.88 Å². The van der Waals surface area contributed by atoms with Crippen molar-refractivity contribution in [1.29, 1.82) is 0 Å². The molecule has 0 bridgehead atoms. The normalized spacial score (nSPS) is 10.5. The predicted molar refractivity (Wildman–Crippen MR) is 69.7 cm³/mol. The second-order valence-electron chi connectivity index (χ2n) is 3.07. The molecule has 0 aliphatic heterocycles. The fraction of sp³-hybridized carbons (Fsp3) is 0.182. The highest BCUT2D eigenvalue weighted by Gasteiger charge is 2.07. The van der Waals surface area contributed by atoms with Crippen molar-refractivity contribution in [3.8, 4) is 11.3 Å². The van der Waals surface area contributed by atoms with Gasteiger partial charge in [-0.1, -0.05) is 28.1 Å². The number of alkyl halides is 1. The maximum atomic E-state index is 5.75. The van der Waals surface area contributed by atoms with Gasteiger partial charge in [-0.2, -0.15) is 0 Å². The highest BCUT2D eigenvalue weighted by molar-refractivity contribution is 9.10. The first-order valence-electron chi connectivity index (χ1n) is 4.55. The van der Waals surface area contributed by atoms with Crippen LogP contribution in [-0.4, -0.2) is 10.9 Å². The number of aryl methyl sites for hydroxylation is 1. The van der Waals surface area contributed by atoms with E-state index in [1.807, 2.05) is 17.6 Å². The van der Waals surface area contributed by atoms with Crippen LogP contribution in [0, 0.1) is 0 Å². The topological polar surface area (TPSA) is 12.9 Å². The van der Waals surface area contributed by atoms with Crippen molar-refractivity contribution in [3.05, 3.63) is 39.1 Å². The molecule has 0 aliphatic rings. The molecule has 0 N–H and O–H groups in total. The number of thiazole rings is 1. The Kier molecular flexibility index (Phi) is 3.78. The molecule has 0 fully saturated rings. The zero-order chi connectivity index (χ0) is 10.7. The zero-order valence-corrected chi connectivity index (χ0v) is 11.1. The fourth-order valence-electron chi connectivity index (χ4n) is 1.38. The van der Waals surface area contributed by atoms with Gasteiger partial charge in [0.2, 0.25) is 0 Å². The summed E-state index contributed by atoms with van der Waals surface area (Å²) in [5, 5.41) is 0. The van der Waals surface area contributed by atoms with Gasteiger partial charge in [-0.05, 0) is 18.6 Å². The van der Waals surface area contributed by atoms with Crippen LogP contribution in [0.15, 0.2) is 34.2 Å². The summed E-state index contributed by atoms with van der Waals surface area (Å²) in [4.78, 5) is 5.64. The Morgan fingerprint density at radius 3 is 2.67 bits per heavy atom. The first kappa shape index (κ1) is 11.1. The van der Waals surface area contributed by atoms with Crippen LogP contribution >= 0.6 is 38.9 Å². The smallest absolute Gasteiger partial charge is 0.0843 e. The highest BCUT2D eigenvalue weighted by Crippen LogP contribution is 2.27. The lowest BCUT2D eigenvalue weighted by Gasteiger charge is -2.00. The van der Waals surface area contributed by atoms with Crippen LogP contribution in [-0.2, 0) is 6.42 Å². The molecule has 1 aromatic carbocycles. The van der Waals surface area contributed by atoms with Gasteiger partial charge in [0.05, 0.1) is 11.2 Å². The van der Waals surface area contributed by atoms with Crippen molar-refractivity contribution in [1.82, 2.24) is 4.98 Å². The van der Waals surface area contributed by atoms with Crippen LogP contribution in [0.3, 0.4) is 0 Å². The SMILES string of the molecule is ClCCc1scnc1-c1ccc(Br)cc1. The quantitative estimate of drug-likeness (QED) is 0.768. The Bertz CT molecular complexity index is 438. The number of aromatic nitrogens is 1.